The maximum Gasteiger partial charge on any atom is 0.387 e. The van der Waals surface area contributed by atoms with Crippen molar-refractivity contribution < 1.29 is 22.8 Å². The highest BCUT2D eigenvalue weighted by Crippen LogP contribution is 2.32. The van der Waals surface area contributed by atoms with Crippen molar-refractivity contribution in [2.24, 2.45) is 0 Å². The van der Waals surface area contributed by atoms with Gasteiger partial charge in [-0.3, -0.25) is 0 Å². The first-order valence-electron chi connectivity index (χ1n) is 8.23. The van der Waals surface area contributed by atoms with E-state index in [0.717, 1.165) is 11.3 Å². The molecular weight excluding hydrogens is 356 g/mol. The minimum absolute atomic E-state index is 0.0588. The fourth-order valence-electron chi connectivity index (χ4n) is 2.63. The highest BCUT2D eigenvalue weighted by molar-refractivity contribution is 5.60. The van der Waals surface area contributed by atoms with Gasteiger partial charge in [-0.05, 0) is 43.7 Å². The lowest BCUT2D eigenvalue weighted by molar-refractivity contribution is -0.0512. The Bertz CT molecular complexity index is 928. The molecular formula is C19H19F2N3O3. The van der Waals surface area contributed by atoms with Crippen LogP contribution in [0.3, 0.4) is 0 Å². The smallest absolute Gasteiger partial charge is 0.387 e. The molecule has 0 fully saturated rings. The standard InChI is InChI=1S/C19H19F2N3O3/c1-11-4-6-14(12(2)8-11)22-10-17-23-18(24-27-17)13-5-7-15(26-19(20)21)16(9-13)25-3/h4-9,19,22H,10H2,1-3H3. The third kappa shape index (κ3) is 4.52. The Balaban J connectivity index is 1.73. The largest absolute Gasteiger partial charge is 0.493 e. The minimum atomic E-state index is -2.93. The lowest BCUT2D eigenvalue weighted by Gasteiger charge is -2.10. The molecule has 0 atom stereocenters. The highest BCUT2D eigenvalue weighted by atomic mass is 19.3. The second-order valence-electron chi connectivity index (χ2n) is 5.93. The van der Waals surface area contributed by atoms with Gasteiger partial charge >= 0.3 is 6.61 Å². The predicted octanol–water partition coefficient (Wildman–Crippen LogP) is 4.58. The molecule has 0 amide bonds. The summed E-state index contributed by atoms with van der Waals surface area (Å²) in [6.07, 6.45) is 0. The highest BCUT2D eigenvalue weighted by Gasteiger charge is 2.15. The number of aryl methyl sites for hydroxylation is 2. The molecule has 0 aliphatic heterocycles. The first kappa shape index (κ1) is 18.6. The second kappa shape index (κ2) is 8.03. The molecule has 3 aromatic rings. The summed E-state index contributed by atoms with van der Waals surface area (Å²) in [7, 11) is 1.37. The summed E-state index contributed by atoms with van der Waals surface area (Å²) in [6, 6.07) is 10.6. The second-order valence-corrected chi connectivity index (χ2v) is 5.93. The van der Waals surface area contributed by atoms with Crippen molar-refractivity contribution in [3.8, 4) is 22.9 Å². The molecule has 0 aliphatic rings. The molecule has 2 aromatic carbocycles. The van der Waals surface area contributed by atoms with Crippen molar-refractivity contribution in [2.45, 2.75) is 27.0 Å². The van der Waals surface area contributed by atoms with E-state index in [0.29, 0.717) is 23.8 Å². The van der Waals surface area contributed by atoms with Crippen molar-refractivity contribution in [2.75, 3.05) is 12.4 Å². The average Bonchev–Trinajstić information content (AvgIpc) is 3.10. The van der Waals surface area contributed by atoms with Crippen LogP contribution in [0.5, 0.6) is 11.5 Å². The van der Waals surface area contributed by atoms with Crippen molar-refractivity contribution in [1.82, 2.24) is 10.1 Å². The molecule has 3 rings (SSSR count). The number of hydrogen-bond donors (Lipinski definition) is 1. The molecule has 0 radical (unpaired) electrons. The van der Waals surface area contributed by atoms with Crippen molar-refractivity contribution >= 4 is 5.69 Å². The molecule has 0 aliphatic carbocycles. The molecule has 0 unspecified atom stereocenters. The first-order chi connectivity index (χ1) is 13.0. The number of ether oxygens (including phenoxy) is 2. The van der Waals surface area contributed by atoms with Crippen LogP contribution in [-0.4, -0.2) is 23.9 Å². The van der Waals surface area contributed by atoms with Gasteiger partial charge in [0.15, 0.2) is 11.5 Å². The summed E-state index contributed by atoms with van der Waals surface area (Å²) < 4.78 is 39.6. The molecule has 0 saturated heterocycles. The fourth-order valence-corrected chi connectivity index (χ4v) is 2.63. The van der Waals surface area contributed by atoms with Gasteiger partial charge in [0.05, 0.1) is 13.7 Å². The maximum absolute atomic E-state index is 12.4. The van der Waals surface area contributed by atoms with Crippen molar-refractivity contribution in [3.05, 3.63) is 53.4 Å². The monoisotopic (exact) mass is 375 g/mol. The van der Waals surface area contributed by atoms with Crippen LogP contribution in [0, 0.1) is 13.8 Å². The topological polar surface area (TPSA) is 69.4 Å². The summed E-state index contributed by atoms with van der Waals surface area (Å²) in [5, 5.41) is 7.18. The third-order valence-corrected chi connectivity index (χ3v) is 3.92. The SMILES string of the molecule is COc1cc(-c2noc(CNc3ccc(C)cc3C)n2)ccc1OC(F)F. The number of benzene rings is 2. The number of rotatable bonds is 7. The van der Waals surface area contributed by atoms with E-state index in [2.05, 4.69) is 26.3 Å². The Labute approximate surface area is 155 Å². The van der Waals surface area contributed by atoms with E-state index in [1.165, 1.54) is 24.8 Å². The molecule has 142 valence electrons. The van der Waals surface area contributed by atoms with E-state index in [-0.39, 0.29) is 11.5 Å². The van der Waals surface area contributed by atoms with Gasteiger partial charge in [0.25, 0.3) is 0 Å². The van der Waals surface area contributed by atoms with Crippen molar-refractivity contribution in [3.63, 3.8) is 0 Å². The number of nitrogens with zero attached hydrogens (tertiary/aromatic N) is 2. The van der Waals surface area contributed by atoms with Crippen LogP contribution in [0.15, 0.2) is 40.9 Å². The number of anilines is 1. The zero-order valence-corrected chi connectivity index (χ0v) is 15.1. The number of aromatic nitrogens is 2. The van der Waals surface area contributed by atoms with Gasteiger partial charge < -0.3 is 19.3 Å². The van der Waals surface area contributed by atoms with E-state index < -0.39 is 6.61 Å². The van der Waals surface area contributed by atoms with Gasteiger partial charge in [-0.25, -0.2) is 0 Å². The zero-order valence-electron chi connectivity index (χ0n) is 15.1. The van der Waals surface area contributed by atoms with Crippen LogP contribution in [-0.2, 0) is 6.54 Å². The summed E-state index contributed by atoms with van der Waals surface area (Å²) in [5.41, 5.74) is 3.85. The summed E-state index contributed by atoms with van der Waals surface area (Å²) >= 11 is 0. The lowest BCUT2D eigenvalue weighted by atomic mass is 10.1. The summed E-state index contributed by atoms with van der Waals surface area (Å²) in [5.74, 6) is 0.829. The van der Waals surface area contributed by atoms with E-state index in [1.807, 2.05) is 26.0 Å². The molecule has 8 heteroatoms. The molecule has 0 saturated carbocycles. The zero-order chi connectivity index (χ0) is 19.4. The van der Waals surface area contributed by atoms with Gasteiger partial charge in [0, 0.05) is 11.3 Å². The molecule has 27 heavy (non-hydrogen) atoms. The normalized spacial score (nSPS) is 10.9. The Morgan fingerprint density at radius 1 is 1.11 bits per heavy atom. The van der Waals surface area contributed by atoms with E-state index >= 15 is 0 Å². The molecule has 6 nitrogen and oxygen atoms in total. The molecule has 1 N–H and O–H groups in total. The van der Waals surface area contributed by atoms with E-state index in [9.17, 15) is 8.78 Å². The number of halogens is 2. The van der Waals surface area contributed by atoms with Crippen LogP contribution in [0.2, 0.25) is 0 Å². The van der Waals surface area contributed by atoms with Crippen molar-refractivity contribution in [1.29, 1.82) is 0 Å². The number of hydrogen-bond acceptors (Lipinski definition) is 6. The quantitative estimate of drug-likeness (QED) is 0.652. The van der Waals surface area contributed by atoms with Gasteiger partial charge in [-0.2, -0.15) is 13.8 Å². The Morgan fingerprint density at radius 2 is 1.93 bits per heavy atom. The number of nitrogens with one attached hydrogen (secondary N) is 1. The van der Waals surface area contributed by atoms with Crippen LogP contribution >= 0.6 is 0 Å². The molecule has 0 bridgehead atoms. The number of methoxy groups -OCH3 is 1. The van der Waals surface area contributed by atoms with Gasteiger partial charge in [-0.15, -0.1) is 0 Å². The lowest BCUT2D eigenvalue weighted by Crippen LogP contribution is -2.03. The van der Waals surface area contributed by atoms with E-state index in [1.54, 1.807) is 6.07 Å². The maximum atomic E-state index is 12.4. The summed E-state index contributed by atoms with van der Waals surface area (Å²) in [6.45, 7) is 1.48. The predicted molar refractivity (Wildman–Crippen MR) is 96.2 cm³/mol. The van der Waals surface area contributed by atoms with Crippen LogP contribution in [0.4, 0.5) is 14.5 Å². The van der Waals surface area contributed by atoms with Crippen LogP contribution in [0.1, 0.15) is 17.0 Å². The Morgan fingerprint density at radius 3 is 2.63 bits per heavy atom. The average molecular weight is 375 g/mol. The van der Waals surface area contributed by atoms with Gasteiger partial charge in [0.2, 0.25) is 11.7 Å². The van der Waals surface area contributed by atoms with Gasteiger partial charge in [-0.1, -0.05) is 22.9 Å². The van der Waals surface area contributed by atoms with E-state index in [4.69, 9.17) is 9.26 Å². The molecule has 1 aromatic heterocycles. The fraction of sp³-hybridized carbons (Fsp3) is 0.263. The van der Waals surface area contributed by atoms with Gasteiger partial charge in [0.1, 0.15) is 0 Å². The molecule has 0 spiro atoms. The molecule has 1 heterocycles. The van der Waals surface area contributed by atoms with Crippen LogP contribution in [0.25, 0.3) is 11.4 Å². The van der Waals surface area contributed by atoms with Crippen LogP contribution < -0.4 is 14.8 Å². The summed E-state index contributed by atoms with van der Waals surface area (Å²) in [4.78, 5) is 4.32. The first-order valence-corrected chi connectivity index (χ1v) is 8.23. The number of alkyl halides is 2. The third-order valence-electron chi connectivity index (χ3n) is 3.92. The Kier molecular flexibility index (Phi) is 5.54. The minimum Gasteiger partial charge on any atom is -0.493 e. The Hall–Kier alpha value is -3.16.